The molecule has 0 aromatic heterocycles. The minimum absolute atomic E-state index is 0. The number of aliphatic hydroxyl groups excluding tert-OH is 10. The van der Waals surface area contributed by atoms with Gasteiger partial charge in [-0.05, 0) is 55.4 Å². The molecule has 6 saturated heterocycles. The molecule has 326 valence electrons. The van der Waals surface area contributed by atoms with E-state index in [1.165, 1.54) is 13.8 Å². The van der Waals surface area contributed by atoms with Crippen molar-refractivity contribution < 1.29 is 99.9 Å². The van der Waals surface area contributed by atoms with Crippen LogP contribution in [-0.4, -0.2) is 210 Å². The van der Waals surface area contributed by atoms with Crippen molar-refractivity contribution in [3.05, 3.63) is 0 Å². The van der Waals surface area contributed by atoms with Crippen LogP contribution in [0.4, 0.5) is 0 Å². The number of aliphatic hydroxyl groups is 10. The van der Waals surface area contributed by atoms with E-state index in [-0.39, 0.29) is 70.4 Å². The Morgan fingerprint density at radius 2 is 1.05 bits per heavy atom. The molecule has 0 amide bonds. The maximum Gasteiger partial charge on any atom is 0.184 e. The molecule has 10 N–H and O–H groups in total. The number of ketones is 1. The first-order valence-corrected chi connectivity index (χ1v) is 16.5. The van der Waals surface area contributed by atoms with Crippen molar-refractivity contribution in [2.75, 3.05) is 33.0 Å². The van der Waals surface area contributed by atoms with Gasteiger partial charge in [0.15, 0.2) is 36.2 Å². The molecule has 0 aromatic rings. The lowest BCUT2D eigenvalue weighted by Crippen LogP contribution is -2.39. The number of rotatable bonds is 5. The van der Waals surface area contributed by atoms with Crippen LogP contribution >= 0.6 is 0 Å². The summed E-state index contributed by atoms with van der Waals surface area (Å²) >= 11 is 0. The van der Waals surface area contributed by atoms with Gasteiger partial charge in [0.05, 0.1) is 33.0 Å². The predicted molar refractivity (Wildman–Crippen MR) is 195 cm³/mol. The van der Waals surface area contributed by atoms with Gasteiger partial charge in [0, 0.05) is 18.3 Å². The van der Waals surface area contributed by atoms with Crippen molar-refractivity contribution in [2.45, 2.75) is 174 Å². The van der Waals surface area contributed by atoms with Gasteiger partial charge in [-0.2, -0.15) is 0 Å². The Morgan fingerprint density at radius 1 is 0.618 bits per heavy atom. The second-order valence-corrected chi connectivity index (χ2v) is 13.9. The number of hydrogen-bond donors (Lipinski definition) is 10. The Morgan fingerprint density at radius 3 is 1.47 bits per heavy atom. The van der Waals surface area contributed by atoms with Crippen molar-refractivity contribution in [3.8, 4) is 0 Å². The van der Waals surface area contributed by atoms with E-state index in [1.807, 2.05) is 13.8 Å². The zero-order valence-electron chi connectivity index (χ0n) is 31.3. The molecule has 6 aliphatic heterocycles. The smallest absolute Gasteiger partial charge is 0.184 e. The quantitative estimate of drug-likeness (QED) is 0.122. The average molecular weight is 808 g/mol. The van der Waals surface area contributed by atoms with Crippen molar-refractivity contribution in [1.29, 1.82) is 0 Å². The number of fused-ring (bicyclic) bond motifs is 2. The van der Waals surface area contributed by atoms with E-state index in [0.29, 0.717) is 6.61 Å². The molecule has 20 nitrogen and oxygen atoms in total. The van der Waals surface area contributed by atoms with Gasteiger partial charge in [-0.1, -0.05) is 14.9 Å². The van der Waals surface area contributed by atoms with Crippen LogP contribution in [0, 0.1) is 0 Å². The van der Waals surface area contributed by atoms with E-state index >= 15 is 0 Å². The monoisotopic (exact) mass is 807 g/mol. The van der Waals surface area contributed by atoms with Gasteiger partial charge in [-0.25, -0.2) is 0 Å². The van der Waals surface area contributed by atoms with E-state index in [9.17, 15) is 20.1 Å². The van der Waals surface area contributed by atoms with Gasteiger partial charge in [-0.15, -0.1) is 0 Å². The zero-order valence-corrected chi connectivity index (χ0v) is 31.3. The van der Waals surface area contributed by atoms with Gasteiger partial charge >= 0.3 is 0 Å². The molecule has 0 aliphatic carbocycles. The number of ether oxygens (including phenoxy) is 9. The van der Waals surface area contributed by atoms with Crippen molar-refractivity contribution in [2.24, 2.45) is 0 Å². The van der Waals surface area contributed by atoms with Gasteiger partial charge in [0.1, 0.15) is 72.9 Å². The van der Waals surface area contributed by atoms with Crippen LogP contribution in [-0.2, 0) is 47.4 Å². The minimum atomic E-state index is -1.38. The second kappa shape index (κ2) is 24.8. The highest BCUT2D eigenvalue weighted by Gasteiger charge is 2.54. The highest BCUT2D eigenvalue weighted by atomic mass is 16.8. The fourth-order valence-electron chi connectivity index (χ4n) is 5.64. The molecule has 22 heteroatoms. The largest absolute Gasteiger partial charge is 0.394 e. The molecular weight excluding hydrogens is 738 g/mol. The second-order valence-electron chi connectivity index (χ2n) is 13.9. The normalized spacial score (nSPS) is 38.3. The Kier molecular flexibility index (Phi) is 26.4. The highest BCUT2D eigenvalue weighted by molar-refractivity contribution is 5.76. The van der Waals surface area contributed by atoms with Gasteiger partial charge in [0.25, 0.3) is 0 Å². The summed E-state index contributed by atoms with van der Waals surface area (Å²) in [6.07, 6.45) is -10.5. The van der Waals surface area contributed by atoms with E-state index < -0.39 is 98.3 Å². The Balaban J connectivity index is -0.000000304. The molecule has 0 bridgehead atoms. The summed E-state index contributed by atoms with van der Waals surface area (Å²) < 4.78 is 46.8. The maximum atomic E-state index is 9.44. The van der Waals surface area contributed by atoms with E-state index in [2.05, 4.69) is 4.74 Å². The number of carbonyl (C=O) groups excluding carboxylic acids is 1. The van der Waals surface area contributed by atoms with Crippen molar-refractivity contribution >= 4 is 22.6 Å². The van der Waals surface area contributed by atoms with Crippen LogP contribution in [0.25, 0.3) is 0 Å². The van der Waals surface area contributed by atoms with Crippen LogP contribution in [0.3, 0.4) is 0 Å². The van der Waals surface area contributed by atoms with Crippen molar-refractivity contribution in [3.63, 3.8) is 0 Å². The summed E-state index contributed by atoms with van der Waals surface area (Å²) in [6, 6.07) is 0. The maximum absolute atomic E-state index is 9.44. The lowest BCUT2D eigenvalue weighted by atomic mass is 10.1. The summed E-state index contributed by atoms with van der Waals surface area (Å²) in [4.78, 5) is 9.44. The summed E-state index contributed by atoms with van der Waals surface area (Å²) in [7, 11) is 0. The molecule has 6 heterocycles. The minimum Gasteiger partial charge on any atom is -0.394 e. The first kappa shape index (κ1) is 58.4. The van der Waals surface area contributed by atoms with E-state index in [4.69, 9.17) is 73.6 Å². The fraction of sp³-hybridized carbons (Fsp3) is 0.970. The standard InChI is InChI=1S/C8H14O5.C8H16O5.C7H12O4.C5H10O5.C3H6O.2CH4.2B.H2/c1-8(2)12-5-4(3-9)11-7(10)6(5)13-8;1-8(2)12-6(4-10)7(13-8)5(11)3-9;1-7(2)10-4-3-9-6(8)5(4)11-7;6-1-2-3(7)4(8)5(9)10-2;1-3(2)4;;;;;/h4-7,9-10H,3H2,1-2H3;5-7,9-11H,3-4H2,1-2H3;4-6,8H,3H2,1-2H3;2-9H,1H2;1-2H3;2*1H4;;;1H/i;;;;;;;;;1+1. The van der Waals surface area contributed by atoms with Crippen LogP contribution in [0.1, 0.15) is 71.7 Å². The molecule has 14 atom stereocenters. The van der Waals surface area contributed by atoms with Gasteiger partial charge < -0.3 is 98.5 Å². The third kappa shape index (κ3) is 17.0. The third-order valence-electron chi connectivity index (χ3n) is 7.72. The van der Waals surface area contributed by atoms with E-state index in [1.54, 1.807) is 27.7 Å². The topological polar surface area (TPSA) is 302 Å². The summed E-state index contributed by atoms with van der Waals surface area (Å²) in [5, 5.41) is 89.4. The molecular formula is C33H68B2O20. The Labute approximate surface area is 329 Å². The molecule has 6 radical (unpaired) electrons. The van der Waals surface area contributed by atoms with E-state index in [0.717, 1.165) is 0 Å². The summed E-state index contributed by atoms with van der Waals surface area (Å²) in [6.45, 7) is 12.9. The molecule has 0 aromatic carbocycles. The fourth-order valence-corrected chi connectivity index (χ4v) is 5.64. The highest BCUT2D eigenvalue weighted by Crippen LogP contribution is 2.38. The Hall–Kier alpha value is -0.960. The predicted octanol–water partition coefficient (Wildman–Crippen LogP) is -3.31. The number of carbonyl (C=O) groups is 1. The molecule has 6 fully saturated rings. The first-order valence-electron chi connectivity index (χ1n) is 16.5. The van der Waals surface area contributed by atoms with Crippen molar-refractivity contribution in [1.82, 2.24) is 0 Å². The summed E-state index contributed by atoms with van der Waals surface area (Å²) in [5.74, 6) is -1.91. The molecule has 14 unspecified atom stereocenters. The first-order chi connectivity index (χ1) is 23.5. The molecule has 55 heavy (non-hydrogen) atoms. The zero-order chi connectivity index (χ0) is 39.1. The van der Waals surface area contributed by atoms with Crippen LogP contribution in [0.15, 0.2) is 0 Å². The average Bonchev–Trinajstić information content (AvgIpc) is 3.84. The molecule has 6 aliphatic rings. The lowest BCUT2D eigenvalue weighted by molar-refractivity contribution is -0.223. The molecule has 0 saturated carbocycles. The number of Topliss-reactive ketones (excluding diaryl/α,β-unsaturated/α-hetero) is 1. The molecule has 0 spiro atoms. The van der Waals surface area contributed by atoms with Crippen LogP contribution in [0.2, 0.25) is 0 Å². The van der Waals surface area contributed by atoms with Gasteiger partial charge in [0.2, 0.25) is 0 Å². The Bertz CT molecular complexity index is 1050. The van der Waals surface area contributed by atoms with Gasteiger partial charge in [-0.3, -0.25) is 0 Å². The summed E-state index contributed by atoms with van der Waals surface area (Å²) in [5.41, 5.74) is 0. The van der Waals surface area contributed by atoms with Crippen LogP contribution < -0.4 is 0 Å². The molecule has 6 rings (SSSR count). The SMILES string of the molecule is C.C.CC(C)=O.CC1(C)OC(CO)C(C(O)CO)O1.CC1(C)OC2C(O)OC(CO)C2O1.CC1(C)OC2COC(O)C2O1.OCC1OC(O)C(O)C1O.[2HH].[B].[B]. The number of hydrogen-bond acceptors (Lipinski definition) is 20. The third-order valence-corrected chi connectivity index (χ3v) is 7.72. The lowest BCUT2D eigenvalue weighted by Gasteiger charge is -2.21. The van der Waals surface area contributed by atoms with Crippen LogP contribution in [0.5, 0.6) is 0 Å².